The lowest BCUT2D eigenvalue weighted by molar-refractivity contribution is 0.0171. The first kappa shape index (κ1) is 18.8. The van der Waals surface area contributed by atoms with Gasteiger partial charge in [0.1, 0.15) is 5.60 Å². The molecular weight excluding hydrogens is 318 g/mol. The Morgan fingerprint density at radius 3 is 2.28 bits per heavy atom. The molecule has 136 valence electrons. The SMILES string of the molecule is Cc1ccccc1/C=C/NC(=O)N1CCN(C(=O)OC(C)(C)C)CC1. The second kappa shape index (κ2) is 8.05. The molecule has 3 amide bonds. The number of hydrogen-bond donors (Lipinski definition) is 1. The summed E-state index contributed by atoms with van der Waals surface area (Å²) >= 11 is 0. The highest BCUT2D eigenvalue weighted by molar-refractivity contribution is 5.77. The van der Waals surface area contributed by atoms with Gasteiger partial charge < -0.3 is 19.9 Å². The summed E-state index contributed by atoms with van der Waals surface area (Å²) in [6.07, 6.45) is 3.21. The van der Waals surface area contributed by atoms with Gasteiger partial charge in [0, 0.05) is 32.4 Å². The highest BCUT2D eigenvalue weighted by atomic mass is 16.6. The minimum absolute atomic E-state index is 0.159. The van der Waals surface area contributed by atoms with Crippen LogP contribution in [0, 0.1) is 6.92 Å². The maximum Gasteiger partial charge on any atom is 0.410 e. The van der Waals surface area contributed by atoms with Crippen LogP contribution in [0.1, 0.15) is 31.9 Å². The van der Waals surface area contributed by atoms with Crippen molar-refractivity contribution in [1.29, 1.82) is 0 Å². The summed E-state index contributed by atoms with van der Waals surface area (Å²) in [5.41, 5.74) is 1.71. The van der Waals surface area contributed by atoms with Crippen LogP contribution < -0.4 is 5.32 Å². The Labute approximate surface area is 149 Å². The Morgan fingerprint density at radius 2 is 1.68 bits per heavy atom. The molecule has 0 unspecified atom stereocenters. The molecule has 0 aliphatic carbocycles. The van der Waals surface area contributed by atoms with Crippen molar-refractivity contribution in [2.75, 3.05) is 26.2 Å². The molecule has 1 aromatic rings. The Kier molecular flexibility index (Phi) is 6.07. The van der Waals surface area contributed by atoms with Crippen molar-refractivity contribution >= 4 is 18.2 Å². The molecule has 1 aromatic carbocycles. The van der Waals surface area contributed by atoms with Crippen LogP contribution in [0.5, 0.6) is 0 Å². The Morgan fingerprint density at radius 1 is 1.08 bits per heavy atom. The molecule has 1 N–H and O–H groups in total. The molecule has 0 spiro atoms. The lowest BCUT2D eigenvalue weighted by Gasteiger charge is -2.35. The third-order valence-electron chi connectivity index (χ3n) is 3.88. The topological polar surface area (TPSA) is 61.9 Å². The first-order chi connectivity index (χ1) is 11.8. The van der Waals surface area contributed by atoms with Gasteiger partial charge in [0.25, 0.3) is 0 Å². The van der Waals surface area contributed by atoms with Crippen molar-refractivity contribution in [2.45, 2.75) is 33.3 Å². The van der Waals surface area contributed by atoms with Gasteiger partial charge in [-0.3, -0.25) is 0 Å². The number of nitrogens with one attached hydrogen (secondary N) is 1. The van der Waals surface area contributed by atoms with Crippen molar-refractivity contribution in [3.05, 3.63) is 41.6 Å². The van der Waals surface area contributed by atoms with Gasteiger partial charge in [0.15, 0.2) is 0 Å². The number of rotatable bonds is 2. The molecule has 0 radical (unpaired) electrons. The van der Waals surface area contributed by atoms with Crippen molar-refractivity contribution < 1.29 is 14.3 Å². The number of piperazine rings is 1. The average Bonchev–Trinajstić information content (AvgIpc) is 2.55. The third-order valence-corrected chi connectivity index (χ3v) is 3.88. The van der Waals surface area contributed by atoms with E-state index < -0.39 is 5.60 Å². The summed E-state index contributed by atoms with van der Waals surface area (Å²) in [6.45, 7) is 9.48. The first-order valence-corrected chi connectivity index (χ1v) is 8.52. The molecule has 1 aliphatic heterocycles. The van der Waals surface area contributed by atoms with Gasteiger partial charge in [-0.2, -0.15) is 0 Å². The molecule has 0 atom stereocenters. The van der Waals surface area contributed by atoms with Crippen molar-refractivity contribution in [3.8, 4) is 0 Å². The van der Waals surface area contributed by atoms with Crippen molar-refractivity contribution in [2.24, 2.45) is 0 Å². The highest BCUT2D eigenvalue weighted by Gasteiger charge is 2.27. The monoisotopic (exact) mass is 345 g/mol. The number of nitrogens with zero attached hydrogens (tertiary/aromatic N) is 2. The van der Waals surface area contributed by atoms with Gasteiger partial charge in [-0.1, -0.05) is 24.3 Å². The van der Waals surface area contributed by atoms with E-state index in [1.54, 1.807) is 16.0 Å². The van der Waals surface area contributed by atoms with E-state index >= 15 is 0 Å². The molecule has 1 aliphatic rings. The van der Waals surface area contributed by atoms with E-state index in [0.717, 1.165) is 11.1 Å². The van der Waals surface area contributed by atoms with Gasteiger partial charge in [0.05, 0.1) is 0 Å². The van der Waals surface area contributed by atoms with E-state index in [1.165, 1.54) is 0 Å². The number of ether oxygens (including phenoxy) is 1. The lowest BCUT2D eigenvalue weighted by atomic mass is 10.1. The number of hydrogen-bond acceptors (Lipinski definition) is 3. The number of benzene rings is 1. The smallest absolute Gasteiger partial charge is 0.410 e. The zero-order chi connectivity index (χ0) is 18.4. The molecule has 6 nitrogen and oxygen atoms in total. The fourth-order valence-electron chi connectivity index (χ4n) is 2.49. The van der Waals surface area contributed by atoms with Crippen LogP contribution in [-0.2, 0) is 4.74 Å². The third kappa shape index (κ3) is 5.81. The predicted molar refractivity (Wildman–Crippen MR) is 98.1 cm³/mol. The van der Waals surface area contributed by atoms with E-state index in [2.05, 4.69) is 5.32 Å². The minimum atomic E-state index is -0.508. The molecule has 6 heteroatoms. The zero-order valence-electron chi connectivity index (χ0n) is 15.4. The van der Waals surface area contributed by atoms with Crippen molar-refractivity contribution in [3.63, 3.8) is 0 Å². The summed E-state index contributed by atoms with van der Waals surface area (Å²) in [4.78, 5) is 27.6. The summed E-state index contributed by atoms with van der Waals surface area (Å²) in [5.74, 6) is 0. The molecule has 1 heterocycles. The Balaban J connectivity index is 1.79. The summed E-state index contributed by atoms with van der Waals surface area (Å²) < 4.78 is 5.35. The fraction of sp³-hybridized carbons (Fsp3) is 0.474. The second-order valence-corrected chi connectivity index (χ2v) is 7.09. The lowest BCUT2D eigenvalue weighted by Crippen LogP contribution is -2.53. The van der Waals surface area contributed by atoms with Gasteiger partial charge in [-0.15, -0.1) is 0 Å². The summed E-state index contributed by atoms with van der Waals surface area (Å²) in [5, 5.41) is 2.78. The summed E-state index contributed by atoms with van der Waals surface area (Å²) in [7, 11) is 0. The van der Waals surface area contributed by atoms with Crippen LogP contribution >= 0.6 is 0 Å². The molecular formula is C19H27N3O3. The van der Waals surface area contributed by atoms with E-state index in [1.807, 2.05) is 58.0 Å². The van der Waals surface area contributed by atoms with Crippen LogP contribution in [0.2, 0.25) is 0 Å². The standard InChI is InChI=1S/C19H27N3O3/c1-15-7-5-6-8-16(15)9-10-20-17(23)21-11-13-22(14-12-21)18(24)25-19(2,3)4/h5-10H,11-14H2,1-4H3,(H,20,23)/b10-9+. The van der Waals surface area contributed by atoms with E-state index in [9.17, 15) is 9.59 Å². The quantitative estimate of drug-likeness (QED) is 0.895. The number of carbonyl (C=O) groups excluding carboxylic acids is 2. The molecule has 1 saturated heterocycles. The molecule has 0 bridgehead atoms. The maximum atomic E-state index is 12.2. The number of urea groups is 1. The fourth-order valence-corrected chi connectivity index (χ4v) is 2.49. The number of carbonyl (C=O) groups is 2. The maximum absolute atomic E-state index is 12.2. The summed E-state index contributed by atoms with van der Waals surface area (Å²) in [6, 6.07) is 7.81. The number of aryl methyl sites for hydroxylation is 1. The van der Waals surface area contributed by atoms with Gasteiger partial charge in [0.2, 0.25) is 0 Å². The van der Waals surface area contributed by atoms with E-state index in [4.69, 9.17) is 4.74 Å². The van der Waals surface area contributed by atoms with Crippen LogP contribution in [0.3, 0.4) is 0 Å². The second-order valence-electron chi connectivity index (χ2n) is 7.09. The van der Waals surface area contributed by atoms with Gasteiger partial charge in [-0.05, 0) is 44.9 Å². The average molecular weight is 345 g/mol. The number of amides is 3. The largest absolute Gasteiger partial charge is 0.444 e. The van der Waals surface area contributed by atoms with E-state index in [-0.39, 0.29) is 12.1 Å². The van der Waals surface area contributed by atoms with Crippen LogP contribution in [0.15, 0.2) is 30.5 Å². The first-order valence-electron chi connectivity index (χ1n) is 8.52. The highest BCUT2D eigenvalue weighted by Crippen LogP contribution is 2.12. The Hall–Kier alpha value is -2.50. The predicted octanol–water partition coefficient (Wildman–Crippen LogP) is 3.23. The van der Waals surface area contributed by atoms with Crippen LogP contribution in [0.4, 0.5) is 9.59 Å². The molecule has 0 saturated carbocycles. The van der Waals surface area contributed by atoms with Gasteiger partial charge in [-0.25, -0.2) is 9.59 Å². The minimum Gasteiger partial charge on any atom is -0.444 e. The van der Waals surface area contributed by atoms with Crippen LogP contribution in [0.25, 0.3) is 6.08 Å². The van der Waals surface area contributed by atoms with Crippen LogP contribution in [-0.4, -0.2) is 53.7 Å². The zero-order valence-corrected chi connectivity index (χ0v) is 15.4. The molecule has 2 rings (SSSR count). The normalized spacial score (nSPS) is 15.4. The Bertz CT molecular complexity index is 642. The van der Waals surface area contributed by atoms with E-state index in [0.29, 0.717) is 26.2 Å². The molecule has 25 heavy (non-hydrogen) atoms. The molecule has 1 fully saturated rings. The molecule has 0 aromatic heterocycles. The van der Waals surface area contributed by atoms with Crippen molar-refractivity contribution in [1.82, 2.24) is 15.1 Å². The van der Waals surface area contributed by atoms with Gasteiger partial charge >= 0.3 is 12.1 Å².